The first-order chi connectivity index (χ1) is 8.43. The number of esters is 1. The van der Waals surface area contributed by atoms with Crippen molar-refractivity contribution in [1.29, 1.82) is 0 Å². The predicted octanol–water partition coefficient (Wildman–Crippen LogP) is 1.59. The number of fused-ring (bicyclic) bond motifs is 1. The number of aliphatic imine (C=N–C) groups is 1. The van der Waals surface area contributed by atoms with Gasteiger partial charge < -0.3 is 4.74 Å². The van der Waals surface area contributed by atoms with Gasteiger partial charge in [-0.15, -0.1) is 0 Å². The van der Waals surface area contributed by atoms with E-state index in [2.05, 4.69) is 9.73 Å². The van der Waals surface area contributed by atoms with Crippen molar-refractivity contribution in [3.8, 4) is 0 Å². The molecule has 2 rings (SSSR count). The Bertz CT molecular complexity index is 542. The van der Waals surface area contributed by atoms with Crippen LogP contribution in [0.4, 0.5) is 8.78 Å². The molecule has 0 saturated heterocycles. The molecule has 4 nitrogen and oxygen atoms in total. The number of dihydropyridines is 1. The monoisotopic (exact) mass is 253 g/mol. The molecule has 94 valence electrons. The van der Waals surface area contributed by atoms with Crippen LogP contribution in [0.1, 0.15) is 6.92 Å². The Morgan fingerprint density at radius 3 is 2.89 bits per heavy atom. The summed E-state index contributed by atoms with van der Waals surface area (Å²) < 4.78 is 30.9. The number of nitrogens with zero attached hydrogens (tertiary/aromatic N) is 1. The summed E-state index contributed by atoms with van der Waals surface area (Å²) in [5, 5.41) is 0. The van der Waals surface area contributed by atoms with Gasteiger partial charge in [0.05, 0.1) is 12.3 Å². The van der Waals surface area contributed by atoms with E-state index in [0.29, 0.717) is 12.2 Å². The van der Waals surface area contributed by atoms with Gasteiger partial charge in [-0.3, -0.25) is 4.79 Å². The van der Waals surface area contributed by atoms with Crippen molar-refractivity contribution < 1.29 is 23.1 Å². The van der Waals surface area contributed by atoms with E-state index < -0.39 is 17.8 Å². The van der Waals surface area contributed by atoms with Crippen molar-refractivity contribution in [2.45, 2.75) is 12.8 Å². The Balaban J connectivity index is 2.37. The Labute approximate surface area is 101 Å². The molecule has 2 aliphatic rings. The first-order valence-corrected chi connectivity index (χ1v) is 5.25. The molecular weight excluding hydrogens is 244 g/mol. The molecule has 0 radical (unpaired) electrons. The van der Waals surface area contributed by atoms with Gasteiger partial charge in [0.2, 0.25) is 0 Å². The zero-order chi connectivity index (χ0) is 13.3. The first-order valence-electron chi connectivity index (χ1n) is 5.25. The Kier molecular flexibility index (Phi) is 2.94. The van der Waals surface area contributed by atoms with Gasteiger partial charge in [-0.25, -0.2) is 9.79 Å². The number of allylic oxidation sites excluding steroid dienone is 5. The van der Waals surface area contributed by atoms with E-state index in [1.807, 2.05) is 0 Å². The fraction of sp³-hybridized carbons (Fsp3) is 0.250. The normalized spacial score (nSPS) is 20.6. The van der Waals surface area contributed by atoms with Crippen molar-refractivity contribution in [2.24, 2.45) is 4.99 Å². The minimum atomic E-state index is -3.11. The molecule has 0 atom stereocenters. The second-order valence-electron chi connectivity index (χ2n) is 3.69. The van der Waals surface area contributed by atoms with Crippen LogP contribution in [-0.2, 0) is 14.3 Å². The van der Waals surface area contributed by atoms with Crippen molar-refractivity contribution in [3.05, 3.63) is 35.5 Å². The number of carbonyl (C=O) groups is 2. The molecule has 0 aromatic rings. The summed E-state index contributed by atoms with van der Waals surface area (Å²) in [5.74, 6) is -4.75. The highest BCUT2D eigenvalue weighted by atomic mass is 19.3. The second-order valence-corrected chi connectivity index (χ2v) is 3.69. The number of alkyl halides is 2. The minimum absolute atomic E-state index is 0.0464. The zero-order valence-corrected chi connectivity index (χ0v) is 9.44. The lowest BCUT2D eigenvalue weighted by Crippen LogP contribution is -2.24. The summed E-state index contributed by atoms with van der Waals surface area (Å²) in [6, 6.07) is 0. The average Bonchev–Trinajstić information content (AvgIpc) is 2.28. The zero-order valence-electron chi connectivity index (χ0n) is 9.44. The van der Waals surface area contributed by atoms with Gasteiger partial charge in [0, 0.05) is 5.57 Å². The maximum atomic E-state index is 13.1. The number of hydrogen-bond donors (Lipinski definition) is 0. The number of hydrogen-bond acceptors (Lipinski definition) is 3. The fourth-order valence-electron chi connectivity index (χ4n) is 1.58. The third-order valence-electron chi connectivity index (χ3n) is 2.35. The fourth-order valence-corrected chi connectivity index (χ4v) is 1.58. The molecule has 18 heavy (non-hydrogen) atoms. The second kappa shape index (κ2) is 4.29. The van der Waals surface area contributed by atoms with Crippen molar-refractivity contribution in [2.75, 3.05) is 6.61 Å². The van der Waals surface area contributed by atoms with Crippen LogP contribution < -0.4 is 0 Å². The lowest BCUT2D eigenvalue weighted by molar-refractivity contribution is -0.139. The van der Waals surface area contributed by atoms with Gasteiger partial charge >= 0.3 is 5.97 Å². The summed E-state index contributed by atoms with van der Waals surface area (Å²) in [6.45, 7) is 1.67. The Morgan fingerprint density at radius 1 is 1.50 bits per heavy atom. The molecule has 0 unspecified atom stereocenters. The largest absolute Gasteiger partial charge is 0.462 e. The van der Waals surface area contributed by atoms with Gasteiger partial charge in [0.25, 0.3) is 11.8 Å². The predicted molar refractivity (Wildman–Crippen MR) is 59.3 cm³/mol. The van der Waals surface area contributed by atoms with Crippen LogP contribution in [0.3, 0.4) is 0 Å². The van der Waals surface area contributed by atoms with Crippen LogP contribution in [0.15, 0.2) is 40.4 Å². The molecule has 1 aliphatic carbocycles. The van der Waals surface area contributed by atoms with Crippen LogP contribution in [0.5, 0.6) is 0 Å². The van der Waals surface area contributed by atoms with E-state index in [9.17, 15) is 18.4 Å². The average molecular weight is 253 g/mol. The van der Waals surface area contributed by atoms with Gasteiger partial charge in [0.15, 0.2) is 0 Å². The van der Waals surface area contributed by atoms with Crippen LogP contribution in [0.25, 0.3) is 0 Å². The summed E-state index contributed by atoms with van der Waals surface area (Å²) in [4.78, 5) is 26.5. The maximum absolute atomic E-state index is 13.1. The number of amides is 1. The molecular formula is C12H9F2NO3. The SMILES string of the molecule is CCOC(=O)C1=CC2=CC(F)(F)C=CC2=NC1=O. The molecule has 1 aliphatic heterocycles. The molecule has 0 fully saturated rings. The molecule has 0 aromatic carbocycles. The van der Waals surface area contributed by atoms with Crippen LogP contribution >= 0.6 is 0 Å². The van der Waals surface area contributed by atoms with E-state index >= 15 is 0 Å². The van der Waals surface area contributed by atoms with Crippen LogP contribution in [0, 0.1) is 0 Å². The number of halogens is 2. The van der Waals surface area contributed by atoms with E-state index in [-0.39, 0.29) is 23.5 Å². The van der Waals surface area contributed by atoms with Crippen molar-refractivity contribution >= 4 is 17.6 Å². The molecule has 0 N–H and O–H groups in total. The van der Waals surface area contributed by atoms with Crippen molar-refractivity contribution in [3.63, 3.8) is 0 Å². The van der Waals surface area contributed by atoms with Gasteiger partial charge in [-0.2, -0.15) is 8.78 Å². The number of ether oxygens (including phenoxy) is 1. The smallest absolute Gasteiger partial charge is 0.343 e. The van der Waals surface area contributed by atoms with Gasteiger partial charge in [0.1, 0.15) is 5.57 Å². The van der Waals surface area contributed by atoms with E-state index in [4.69, 9.17) is 0 Å². The summed E-state index contributed by atoms with van der Waals surface area (Å²) in [7, 11) is 0. The summed E-state index contributed by atoms with van der Waals surface area (Å²) >= 11 is 0. The third-order valence-corrected chi connectivity index (χ3v) is 2.35. The van der Waals surface area contributed by atoms with Crippen LogP contribution in [-0.4, -0.2) is 30.1 Å². The third kappa shape index (κ3) is 2.27. The first kappa shape index (κ1) is 12.3. The number of rotatable bonds is 2. The molecule has 0 saturated carbocycles. The Morgan fingerprint density at radius 2 is 2.22 bits per heavy atom. The molecule has 0 aromatic heterocycles. The lowest BCUT2D eigenvalue weighted by Gasteiger charge is -2.18. The summed E-state index contributed by atoms with van der Waals surface area (Å²) in [6.07, 6.45) is 3.44. The molecule has 6 heteroatoms. The van der Waals surface area contributed by atoms with E-state index in [1.54, 1.807) is 6.92 Å². The maximum Gasteiger partial charge on any atom is 0.343 e. The van der Waals surface area contributed by atoms with Crippen LogP contribution in [0.2, 0.25) is 0 Å². The highest BCUT2D eigenvalue weighted by Crippen LogP contribution is 2.28. The lowest BCUT2D eigenvalue weighted by atomic mass is 9.96. The van der Waals surface area contributed by atoms with Crippen molar-refractivity contribution in [1.82, 2.24) is 0 Å². The van der Waals surface area contributed by atoms with Gasteiger partial charge in [-0.05, 0) is 31.2 Å². The molecule has 1 heterocycles. The quantitative estimate of drug-likeness (QED) is 0.554. The minimum Gasteiger partial charge on any atom is -0.462 e. The van der Waals surface area contributed by atoms with Gasteiger partial charge in [-0.1, -0.05) is 0 Å². The Hall–Kier alpha value is -2.11. The standard InChI is InChI=1S/C12H9F2NO3/c1-2-18-11(17)8-5-7-6-12(13,14)4-3-9(7)15-10(8)16/h3-6H,2H2,1H3. The van der Waals surface area contributed by atoms with E-state index in [0.717, 1.165) is 12.2 Å². The molecule has 0 spiro atoms. The topological polar surface area (TPSA) is 55.7 Å². The number of carbonyl (C=O) groups excluding carboxylic acids is 2. The van der Waals surface area contributed by atoms with E-state index in [1.165, 1.54) is 0 Å². The molecule has 0 bridgehead atoms. The highest BCUT2D eigenvalue weighted by molar-refractivity contribution is 6.27. The highest BCUT2D eigenvalue weighted by Gasteiger charge is 2.32. The molecule has 1 amide bonds. The summed E-state index contributed by atoms with van der Waals surface area (Å²) in [5.41, 5.74) is -0.165.